The molecule has 1 atom stereocenters. The zero-order chi connectivity index (χ0) is 24.7. The van der Waals surface area contributed by atoms with E-state index in [2.05, 4.69) is 59.5 Å². The molecule has 1 aromatic carbocycles. The third-order valence-electron chi connectivity index (χ3n) is 6.81. The molecule has 1 unspecified atom stereocenters. The van der Waals surface area contributed by atoms with Crippen LogP contribution >= 0.6 is 0 Å². The van der Waals surface area contributed by atoms with Gasteiger partial charge in [-0.1, -0.05) is 6.07 Å². The number of benzene rings is 1. The van der Waals surface area contributed by atoms with Crippen LogP contribution < -0.4 is 15.5 Å². The fourth-order valence-electron chi connectivity index (χ4n) is 4.76. The minimum atomic E-state index is -2.65. The summed E-state index contributed by atoms with van der Waals surface area (Å²) < 4.78 is 26.5. The molecule has 2 aliphatic rings. The Morgan fingerprint density at radius 3 is 2.67 bits per heavy atom. The van der Waals surface area contributed by atoms with Crippen molar-refractivity contribution in [3.63, 3.8) is 0 Å². The van der Waals surface area contributed by atoms with E-state index in [9.17, 15) is 8.78 Å². The number of alkyl halides is 2. The number of pyridine rings is 1. The molecule has 0 radical (unpaired) electrons. The summed E-state index contributed by atoms with van der Waals surface area (Å²) >= 11 is 0. The van der Waals surface area contributed by atoms with E-state index in [0.717, 1.165) is 48.6 Å². The van der Waals surface area contributed by atoms with Crippen LogP contribution in [0, 0.1) is 0 Å². The molecule has 0 bridgehead atoms. The van der Waals surface area contributed by atoms with Crippen molar-refractivity contribution in [2.45, 2.75) is 18.9 Å². The van der Waals surface area contributed by atoms with E-state index in [1.807, 2.05) is 24.4 Å². The molecule has 0 amide bonds. The van der Waals surface area contributed by atoms with E-state index in [1.54, 1.807) is 11.0 Å². The molecular formula is C25H27F2N9. The molecule has 0 spiro atoms. The van der Waals surface area contributed by atoms with Crippen LogP contribution in [0.2, 0.25) is 0 Å². The van der Waals surface area contributed by atoms with Gasteiger partial charge in [-0.25, -0.2) is 28.7 Å². The number of imidazole rings is 1. The third kappa shape index (κ3) is 4.59. The van der Waals surface area contributed by atoms with Gasteiger partial charge in [0.15, 0.2) is 0 Å². The molecule has 2 saturated heterocycles. The number of nitrogens with one attached hydrogen (secondary N) is 3. The number of aromatic nitrogens is 5. The summed E-state index contributed by atoms with van der Waals surface area (Å²) in [5.41, 5.74) is 4.34. The van der Waals surface area contributed by atoms with Crippen LogP contribution in [0.5, 0.6) is 0 Å². The molecular weight excluding hydrogens is 464 g/mol. The van der Waals surface area contributed by atoms with Crippen molar-refractivity contribution < 1.29 is 8.78 Å². The molecule has 3 aromatic heterocycles. The molecule has 11 heteroatoms. The Morgan fingerprint density at radius 2 is 1.86 bits per heavy atom. The van der Waals surface area contributed by atoms with E-state index in [0.29, 0.717) is 23.5 Å². The lowest BCUT2D eigenvalue weighted by molar-refractivity contribution is -0.0267. The summed E-state index contributed by atoms with van der Waals surface area (Å²) in [6.45, 7) is 5.65. The highest BCUT2D eigenvalue weighted by Crippen LogP contribution is 2.32. The van der Waals surface area contributed by atoms with Crippen LogP contribution in [0.4, 0.5) is 26.4 Å². The van der Waals surface area contributed by atoms with E-state index in [1.165, 1.54) is 11.9 Å². The number of fused-ring (bicyclic) bond motifs is 1. The molecule has 3 N–H and O–H groups in total. The van der Waals surface area contributed by atoms with Crippen LogP contribution in [0.3, 0.4) is 0 Å². The van der Waals surface area contributed by atoms with Crippen LogP contribution in [0.15, 0.2) is 48.9 Å². The van der Waals surface area contributed by atoms with Gasteiger partial charge in [-0.2, -0.15) is 0 Å². The second kappa shape index (κ2) is 9.07. The molecule has 186 valence electrons. The van der Waals surface area contributed by atoms with Crippen LogP contribution in [0.25, 0.3) is 22.3 Å². The summed E-state index contributed by atoms with van der Waals surface area (Å²) in [6, 6.07) is 11.9. The van der Waals surface area contributed by atoms with Crippen molar-refractivity contribution in [3.05, 3.63) is 54.5 Å². The highest BCUT2D eigenvalue weighted by molar-refractivity contribution is 5.83. The zero-order valence-electron chi connectivity index (χ0n) is 19.9. The minimum Gasteiger partial charge on any atom is -0.344 e. The summed E-state index contributed by atoms with van der Waals surface area (Å²) in [7, 11) is 0. The van der Waals surface area contributed by atoms with Crippen molar-refractivity contribution in [1.29, 1.82) is 0 Å². The molecule has 2 fully saturated rings. The van der Waals surface area contributed by atoms with Gasteiger partial charge < -0.3 is 20.5 Å². The summed E-state index contributed by atoms with van der Waals surface area (Å²) in [5.74, 6) is -0.840. The molecule has 9 nitrogen and oxygen atoms in total. The third-order valence-corrected chi connectivity index (χ3v) is 6.81. The molecule has 5 heterocycles. The number of piperazine rings is 1. The van der Waals surface area contributed by atoms with E-state index >= 15 is 0 Å². The Balaban J connectivity index is 1.20. The van der Waals surface area contributed by atoms with Crippen LogP contribution in [0.1, 0.15) is 18.5 Å². The van der Waals surface area contributed by atoms with Crippen molar-refractivity contribution in [3.8, 4) is 11.3 Å². The molecule has 0 saturated carbocycles. The first-order valence-corrected chi connectivity index (χ1v) is 12.1. The maximum absolute atomic E-state index is 13.3. The normalized spacial score (nSPS) is 18.7. The van der Waals surface area contributed by atoms with Crippen molar-refractivity contribution in [1.82, 2.24) is 35.1 Å². The first-order chi connectivity index (χ1) is 17.4. The zero-order valence-corrected chi connectivity index (χ0v) is 19.9. The summed E-state index contributed by atoms with van der Waals surface area (Å²) in [5, 5.41) is 6.68. The number of hydrogen-bond acceptors (Lipinski definition) is 8. The van der Waals surface area contributed by atoms with E-state index in [4.69, 9.17) is 0 Å². The van der Waals surface area contributed by atoms with Crippen LogP contribution in [-0.4, -0.2) is 75.0 Å². The molecule has 4 aromatic rings. The number of H-pyrrole nitrogens is 1. The fraction of sp³-hybridized carbons (Fsp3) is 0.360. The number of hydrogen-bond donors (Lipinski definition) is 3. The maximum Gasteiger partial charge on any atom is 0.282 e. The number of anilines is 3. The molecule has 0 aliphatic carbocycles. The van der Waals surface area contributed by atoms with Gasteiger partial charge in [0.2, 0.25) is 5.95 Å². The van der Waals surface area contributed by atoms with Crippen molar-refractivity contribution in [2.75, 3.05) is 49.5 Å². The first kappa shape index (κ1) is 22.7. The van der Waals surface area contributed by atoms with Crippen molar-refractivity contribution in [2.24, 2.45) is 0 Å². The Bertz CT molecular complexity index is 1370. The van der Waals surface area contributed by atoms with Gasteiger partial charge in [0.25, 0.3) is 5.92 Å². The SMILES string of the molecule is CC(c1ccnc(Nc2nc3ccc(-c4cc(N5CC(F)(F)C5)ncn4)cc3[nH]2)c1)N1CCNCC1. The van der Waals surface area contributed by atoms with Gasteiger partial charge in [0.05, 0.1) is 29.8 Å². The Morgan fingerprint density at radius 1 is 1.03 bits per heavy atom. The van der Waals surface area contributed by atoms with Crippen molar-refractivity contribution >= 4 is 28.6 Å². The quantitative estimate of drug-likeness (QED) is 0.377. The maximum atomic E-state index is 13.3. The van der Waals surface area contributed by atoms with Gasteiger partial charge in [0.1, 0.15) is 18.0 Å². The monoisotopic (exact) mass is 491 g/mol. The average molecular weight is 492 g/mol. The van der Waals surface area contributed by atoms with Gasteiger partial charge in [0, 0.05) is 50.0 Å². The molecule has 6 rings (SSSR count). The second-order valence-electron chi connectivity index (χ2n) is 9.35. The first-order valence-electron chi connectivity index (χ1n) is 12.1. The number of aromatic amines is 1. The lowest BCUT2D eigenvalue weighted by Crippen LogP contribution is -2.56. The number of nitrogens with zero attached hydrogens (tertiary/aromatic N) is 6. The topological polar surface area (TPSA) is 97.9 Å². The minimum absolute atomic E-state index is 0.300. The van der Waals surface area contributed by atoms with Gasteiger partial charge in [-0.05, 0) is 36.8 Å². The second-order valence-corrected chi connectivity index (χ2v) is 9.35. The summed E-state index contributed by atoms with van der Waals surface area (Å²) in [6.07, 6.45) is 3.23. The molecule has 2 aliphatic heterocycles. The smallest absolute Gasteiger partial charge is 0.282 e. The Labute approximate surface area is 207 Å². The highest BCUT2D eigenvalue weighted by Gasteiger charge is 2.44. The predicted octanol–water partition coefficient (Wildman–Crippen LogP) is 3.58. The fourth-order valence-corrected chi connectivity index (χ4v) is 4.76. The van der Waals surface area contributed by atoms with Crippen LogP contribution in [-0.2, 0) is 0 Å². The lowest BCUT2D eigenvalue weighted by Gasteiger charge is -2.39. The lowest BCUT2D eigenvalue weighted by atomic mass is 10.1. The highest BCUT2D eigenvalue weighted by atomic mass is 19.3. The van der Waals surface area contributed by atoms with Gasteiger partial charge in [-0.15, -0.1) is 0 Å². The van der Waals surface area contributed by atoms with E-state index < -0.39 is 5.92 Å². The van der Waals surface area contributed by atoms with Gasteiger partial charge in [-0.3, -0.25) is 4.90 Å². The summed E-state index contributed by atoms with van der Waals surface area (Å²) in [4.78, 5) is 24.9. The largest absolute Gasteiger partial charge is 0.344 e. The standard InChI is InChI=1S/C25H27F2N9/c1-16(35-8-6-28-7-9-35)17-4-5-29-22(11-17)34-24-32-19-3-2-18(10-21(19)33-24)20-12-23(31-15-30-20)36-13-25(26,27)14-36/h2-5,10-12,15-16,28H,6-9,13-14H2,1H3,(H2,29,32,33,34). The predicted molar refractivity (Wildman–Crippen MR) is 135 cm³/mol. The van der Waals surface area contributed by atoms with Gasteiger partial charge >= 0.3 is 0 Å². The Kier molecular flexibility index (Phi) is 5.73. The number of rotatable bonds is 6. The average Bonchev–Trinajstić information content (AvgIpc) is 3.29. The Hall–Kier alpha value is -3.70. The number of halogens is 2. The van der Waals surface area contributed by atoms with E-state index in [-0.39, 0.29) is 13.1 Å². The molecule has 36 heavy (non-hydrogen) atoms.